The Hall–Kier alpha value is -2.89. The molecule has 1 spiro atoms. The number of hydrogen-bond donors (Lipinski definition) is 2. The highest BCUT2D eigenvalue weighted by molar-refractivity contribution is 6.08. The minimum atomic E-state index is -0.690. The van der Waals surface area contributed by atoms with Crippen LogP contribution < -0.4 is 10.9 Å². The summed E-state index contributed by atoms with van der Waals surface area (Å²) < 4.78 is 0. The molecule has 2 aromatic rings. The van der Waals surface area contributed by atoms with Crippen LogP contribution in [0.4, 0.5) is 5.69 Å². The van der Waals surface area contributed by atoms with Crippen molar-refractivity contribution in [3.05, 3.63) is 64.1 Å². The second kappa shape index (κ2) is 6.12. The molecule has 6 nitrogen and oxygen atoms in total. The van der Waals surface area contributed by atoms with Crippen molar-refractivity contribution in [3.8, 4) is 0 Å². The number of hydrogen-bond acceptors (Lipinski definition) is 3. The Balaban J connectivity index is 1.75. The topological polar surface area (TPSA) is 82.3 Å². The molecule has 0 aliphatic carbocycles. The summed E-state index contributed by atoms with van der Waals surface area (Å²) in [5, 5.41) is 3.00. The molecular weight excluding hydrogens is 330 g/mol. The number of anilines is 1. The first kappa shape index (κ1) is 16.6. The van der Waals surface area contributed by atoms with Crippen LogP contribution in [-0.2, 0) is 10.2 Å². The summed E-state index contributed by atoms with van der Waals surface area (Å²) in [5.41, 5.74) is 1.34. The van der Waals surface area contributed by atoms with Gasteiger partial charge in [-0.05, 0) is 30.5 Å². The average Bonchev–Trinajstić information content (AvgIpc) is 3.16. The zero-order valence-corrected chi connectivity index (χ0v) is 14.6. The number of carbonyl (C=O) groups is 2. The molecular formula is C20H21N3O3. The zero-order chi connectivity index (χ0) is 18.3. The standard InChI is InChI=1S/C20H21N3O3/c1-2-5-16-20(14-6-3-4-7-15(14)22-19(20)26)10-11-23(16)18(25)13-8-9-17(24)21-12-13/h3-4,6-9,12,16H,2,5,10-11H2,1H3,(H,21,24)(H,22,26)/t16-,20-/m0/s1. The Morgan fingerprint density at radius 3 is 2.77 bits per heavy atom. The number of nitrogens with zero attached hydrogens (tertiary/aromatic N) is 1. The van der Waals surface area contributed by atoms with Crippen molar-refractivity contribution in [2.24, 2.45) is 0 Å². The second-order valence-electron chi connectivity index (χ2n) is 6.97. The monoisotopic (exact) mass is 351 g/mol. The second-order valence-corrected chi connectivity index (χ2v) is 6.97. The largest absolute Gasteiger partial charge is 0.334 e. The Morgan fingerprint density at radius 1 is 1.23 bits per heavy atom. The molecule has 6 heteroatoms. The maximum Gasteiger partial charge on any atom is 0.255 e. The number of benzene rings is 1. The van der Waals surface area contributed by atoms with E-state index in [1.807, 2.05) is 24.3 Å². The van der Waals surface area contributed by atoms with Gasteiger partial charge < -0.3 is 15.2 Å². The fourth-order valence-electron chi connectivity index (χ4n) is 4.43. The number of fused-ring (bicyclic) bond motifs is 2. The van der Waals surface area contributed by atoms with Crippen LogP contribution in [0.25, 0.3) is 0 Å². The molecule has 26 heavy (non-hydrogen) atoms. The van der Waals surface area contributed by atoms with Crippen molar-refractivity contribution in [2.75, 3.05) is 11.9 Å². The van der Waals surface area contributed by atoms with Gasteiger partial charge in [0.25, 0.3) is 5.91 Å². The fraction of sp³-hybridized carbons (Fsp3) is 0.350. The third kappa shape index (κ3) is 2.29. The maximum absolute atomic E-state index is 13.1. The predicted molar refractivity (Wildman–Crippen MR) is 98.2 cm³/mol. The Morgan fingerprint density at radius 2 is 2.04 bits per heavy atom. The molecule has 2 aliphatic heterocycles. The molecule has 0 saturated carbocycles. The van der Waals surface area contributed by atoms with E-state index in [-0.39, 0.29) is 23.4 Å². The number of likely N-dealkylation sites (tertiary alicyclic amines) is 1. The molecule has 1 saturated heterocycles. The van der Waals surface area contributed by atoms with Crippen LogP contribution in [0.5, 0.6) is 0 Å². The number of H-pyrrole nitrogens is 1. The smallest absolute Gasteiger partial charge is 0.255 e. The molecule has 2 aliphatic rings. The average molecular weight is 351 g/mol. The highest BCUT2D eigenvalue weighted by atomic mass is 16.2. The lowest BCUT2D eigenvalue weighted by Gasteiger charge is -2.34. The van der Waals surface area contributed by atoms with E-state index in [0.717, 1.165) is 24.1 Å². The van der Waals surface area contributed by atoms with Gasteiger partial charge in [-0.2, -0.15) is 0 Å². The molecule has 4 rings (SSSR count). The number of para-hydroxylation sites is 1. The van der Waals surface area contributed by atoms with Gasteiger partial charge in [-0.25, -0.2) is 0 Å². The van der Waals surface area contributed by atoms with Gasteiger partial charge in [0, 0.05) is 24.5 Å². The fourth-order valence-corrected chi connectivity index (χ4v) is 4.43. The lowest BCUT2D eigenvalue weighted by atomic mass is 9.73. The maximum atomic E-state index is 13.1. The van der Waals surface area contributed by atoms with E-state index in [4.69, 9.17) is 0 Å². The summed E-state index contributed by atoms with van der Waals surface area (Å²) in [7, 11) is 0. The lowest BCUT2D eigenvalue weighted by Crippen LogP contribution is -2.48. The third-order valence-electron chi connectivity index (χ3n) is 5.61. The predicted octanol–water partition coefficient (Wildman–Crippen LogP) is 2.28. The lowest BCUT2D eigenvalue weighted by molar-refractivity contribution is -0.121. The quantitative estimate of drug-likeness (QED) is 0.890. The number of pyridine rings is 1. The van der Waals surface area contributed by atoms with E-state index in [1.54, 1.807) is 4.90 Å². The van der Waals surface area contributed by atoms with E-state index in [2.05, 4.69) is 17.2 Å². The summed E-state index contributed by atoms with van der Waals surface area (Å²) in [6, 6.07) is 10.4. The van der Waals surface area contributed by atoms with Crippen LogP contribution in [0.2, 0.25) is 0 Å². The number of nitrogens with one attached hydrogen (secondary N) is 2. The molecule has 0 radical (unpaired) electrons. The van der Waals surface area contributed by atoms with E-state index in [0.29, 0.717) is 18.5 Å². The molecule has 0 unspecified atom stereocenters. The summed E-state index contributed by atoms with van der Waals surface area (Å²) in [5.74, 6) is -0.164. The molecule has 2 amide bonds. The summed E-state index contributed by atoms with van der Waals surface area (Å²) in [6.45, 7) is 2.58. The van der Waals surface area contributed by atoms with E-state index >= 15 is 0 Å². The van der Waals surface area contributed by atoms with Crippen LogP contribution in [0.1, 0.15) is 42.1 Å². The highest BCUT2D eigenvalue weighted by Crippen LogP contribution is 2.49. The molecule has 0 bridgehead atoms. The van der Waals surface area contributed by atoms with Gasteiger partial charge in [-0.15, -0.1) is 0 Å². The number of amides is 2. The Kier molecular flexibility index (Phi) is 3.90. The van der Waals surface area contributed by atoms with Gasteiger partial charge in [0.15, 0.2) is 0 Å². The first-order valence-corrected chi connectivity index (χ1v) is 8.98. The number of carbonyl (C=O) groups excluding carboxylic acids is 2. The van der Waals surface area contributed by atoms with Crippen molar-refractivity contribution in [1.82, 2.24) is 9.88 Å². The normalized spacial score (nSPS) is 24.0. The molecule has 1 fully saturated rings. The summed E-state index contributed by atoms with van der Waals surface area (Å²) in [4.78, 5) is 41.7. The van der Waals surface area contributed by atoms with Gasteiger partial charge in [-0.3, -0.25) is 14.4 Å². The van der Waals surface area contributed by atoms with Crippen molar-refractivity contribution in [1.29, 1.82) is 0 Å². The third-order valence-corrected chi connectivity index (χ3v) is 5.61. The van der Waals surface area contributed by atoms with Crippen LogP contribution in [0.3, 0.4) is 0 Å². The number of aromatic nitrogens is 1. The minimum Gasteiger partial charge on any atom is -0.334 e. The van der Waals surface area contributed by atoms with Gasteiger partial charge in [0.2, 0.25) is 11.5 Å². The molecule has 2 atom stereocenters. The molecule has 1 aromatic heterocycles. The molecule has 3 heterocycles. The molecule has 1 aromatic carbocycles. The van der Waals surface area contributed by atoms with Gasteiger partial charge in [-0.1, -0.05) is 31.5 Å². The van der Waals surface area contributed by atoms with E-state index in [1.165, 1.54) is 18.3 Å². The SMILES string of the molecule is CCC[C@@H]1N(C(=O)c2ccc(=O)[nH]c2)CC[C@@]12C(=O)Nc1ccccc12. The van der Waals surface area contributed by atoms with Crippen LogP contribution in [0, 0.1) is 0 Å². The van der Waals surface area contributed by atoms with Crippen molar-refractivity contribution >= 4 is 17.5 Å². The van der Waals surface area contributed by atoms with Crippen molar-refractivity contribution < 1.29 is 9.59 Å². The molecule has 2 N–H and O–H groups in total. The Labute approximate surface area is 151 Å². The van der Waals surface area contributed by atoms with Gasteiger partial charge in [0.05, 0.1) is 17.0 Å². The molecule has 134 valence electrons. The zero-order valence-electron chi connectivity index (χ0n) is 14.6. The van der Waals surface area contributed by atoms with Crippen LogP contribution in [0.15, 0.2) is 47.4 Å². The minimum absolute atomic E-state index is 0.0195. The summed E-state index contributed by atoms with van der Waals surface area (Å²) >= 11 is 0. The van der Waals surface area contributed by atoms with Crippen molar-refractivity contribution in [3.63, 3.8) is 0 Å². The van der Waals surface area contributed by atoms with E-state index in [9.17, 15) is 14.4 Å². The Bertz CT molecular complexity index is 915. The van der Waals surface area contributed by atoms with Crippen LogP contribution >= 0.6 is 0 Å². The number of rotatable bonds is 3. The van der Waals surface area contributed by atoms with Gasteiger partial charge in [0.1, 0.15) is 0 Å². The first-order chi connectivity index (χ1) is 12.6. The summed E-state index contributed by atoms with van der Waals surface area (Å²) in [6.07, 6.45) is 3.67. The van der Waals surface area contributed by atoms with Crippen LogP contribution in [-0.4, -0.2) is 34.3 Å². The van der Waals surface area contributed by atoms with E-state index < -0.39 is 5.41 Å². The van der Waals surface area contributed by atoms with Gasteiger partial charge >= 0.3 is 0 Å². The first-order valence-electron chi connectivity index (χ1n) is 8.98. The number of aromatic amines is 1. The van der Waals surface area contributed by atoms with Crippen molar-refractivity contribution in [2.45, 2.75) is 37.6 Å². The highest BCUT2D eigenvalue weighted by Gasteiger charge is 2.58.